The van der Waals surface area contributed by atoms with Gasteiger partial charge < -0.3 is 19.8 Å². The molecule has 0 bridgehead atoms. The van der Waals surface area contributed by atoms with Crippen LogP contribution >= 0.6 is 0 Å². The summed E-state index contributed by atoms with van der Waals surface area (Å²) in [7, 11) is 0. The Morgan fingerprint density at radius 1 is 0.806 bits per heavy atom. The van der Waals surface area contributed by atoms with Gasteiger partial charge in [0, 0.05) is 0 Å². The van der Waals surface area contributed by atoms with Gasteiger partial charge in [-0.1, -0.05) is 42.5 Å². The van der Waals surface area contributed by atoms with Crippen LogP contribution in [0.1, 0.15) is 0 Å². The number of hydrogen-bond donors (Lipinski definition) is 0. The van der Waals surface area contributed by atoms with E-state index in [1.807, 2.05) is 0 Å². The molecule has 4 rings (SSSR count). The molecule has 0 radical (unpaired) electrons. The average molecular weight is 416 g/mol. The van der Waals surface area contributed by atoms with Crippen LogP contribution in [0.2, 0.25) is 0 Å². The standard InChI is InChI=1S/C21H14N4O6/c26-18-14(16(20(28)29)22-24(18)12-7-3-1-4-8-12)11-15-17(21(30)31)23-25(19(15)27)13-9-5-2-6-10-13/h1-11,14H,(H,28,29)(H,30,31)/p-2/b15-11+/t14-/m0/s1. The van der Waals surface area contributed by atoms with Crippen molar-refractivity contribution in [3.05, 3.63) is 72.3 Å². The lowest BCUT2D eigenvalue weighted by Crippen LogP contribution is -2.38. The third-order valence-corrected chi connectivity index (χ3v) is 4.59. The van der Waals surface area contributed by atoms with E-state index in [2.05, 4.69) is 10.2 Å². The van der Waals surface area contributed by atoms with Crippen LogP contribution in [0.25, 0.3) is 0 Å². The van der Waals surface area contributed by atoms with Gasteiger partial charge in [-0.3, -0.25) is 9.59 Å². The van der Waals surface area contributed by atoms with Gasteiger partial charge in [-0.05, 0) is 24.3 Å². The van der Waals surface area contributed by atoms with Crippen molar-refractivity contribution in [1.82, 2.24) is 0 Å². The average Bonchev–Trinajstić information content (AvgIpc) is 3.27. The molecule has 0 spiro atoms. The second-order valence-corrected chi connectivity index (χ2v) is 6.50. The third kappa shape index (κ3) is 3.46. The summed E-state index contributed by atoms with van der Waals surface area (Å²) in [6, 6.07) is 16.0. The molecule has 1 atom stereocenters. The number of nitrogens with zero attached hydrogens (tertiary/aromatic N) is 4. The lowest BCUT2D eigenvalue weighted by molar-refractivity contribution is -0.295. The molecule has 2 aliphatic heterocycles. The number of hydrazone groups is 2. The SMILES string of the molecule is O=C([O-])C1=NN(c2ccccc2)C(=O)/C1=C/[C@@H]1C(=O)N(c2ccccc2)N=C1C(=O)[O-]. The highest BCUT2D eigenvalue weighted by atomic mass is 16.4. The van der Waals surface area contributed by atoms with E-state index in [-0.39, 0.29) is 5.69 Å². The summed E-state index contributed by atoms with van der Waals surface area (Å²) in [5, 5.41) is 32.4. The molecule has 0 fully saturated rings. The van der Waals surface area contributed by atoms with Gasteiger partial charge in [0.15, 0.2) is 0 Å². The fourth-order valence-electron chi connectivity index (χ4n) is 3.17. The Balaban J connectivity index is 1.75. The van der Waals surface area contributed by atoms with Crippen LogP contribution in [-0.4, -0.2) is 35.2 Å². The quantitative estimate of drug-likeness (QED) is 0.562. The van der Waals surface area contributed by atoms with E-state index in [1.165, 1.54) is 24.3 Å². The summed E-state index contributed by atoms with van der Waals surface area (Å²) in [5.74, 6) is -6.68. The van der Waals surface area contributed by atoms with E-state index in [1.54, 1.807) is 36.4 Å². The Labute approximate surface area is 175 Å². The fraction of sp³-hybridized carbons (Fsp3) is 0.0476. The molecule has 31 heavy (non-hydrogen) atoms. The Kier molecular flexibility index (Phi) is 4.88. The van der Waals surface area contributed by atoms with Gasteiger partial charge in [0.1, 0.15) is 17.3 Å². The molecule has 2 heterocycles. The highest BCUT2D eigenvalue weighted by Crippen LogP contribution is 2.28. The largest absolute Gasteiger partial charge is 0.543 e. The van der Waals surface area contributed by atoms with Crippen molar-refractivity contribution >= 4 is 46.6 Å². The van der Waals surface area contributed by atoms with Crippen LogP contribution in [0.3, 0.4) is 0 Å². The number of rotatable bonds is 5. The molecular weight excluding hydrogens is 404 g/mol. The highest BCUT2D eigenvalue weighted by molar-refractivity contribution is 6.52. The predicted molar refractivity (Wildman–Crippen MR) is 104 cm³/mol. The Hall–Kier alpha value is -4.60. The van der Waals surface area contributed by atoms with E-state index in [9.17, 15) is 29.4 Å². The smallest absolute Gasteiger partial charge is 0.280 e. The zero-order valence-corrected chi connectivity index (χ0v) is 15.7. The maximum atomic E-state index is 12.9. The van der Waals surface area contributed by atoms with Crippen LogP contribution in [-0.2, 0) is 19.2 Å². The minimum absolute atomic E-state index is 0.284. The van der Waals surface area contributed by atoms with Crippen molar-refractivity contribution in [2.24, 2.45) is 16.1 Å². The first-order chi connectivity index (χ1) is 14.9. The van der Waals surface area contributed by atoms with Gasteiger partial charge in [-0.2, -0.15) is 20.2 Å². The summed E-state index contributed by atoms with van der Waals surface area (Å²) in [4.78, 5) is 48.9. The maximum Gasteiger partial charge on any atom is 0.280 e. The van der Waals surface area contributed by atoms with Gasteiger partial charge >= 0.3 is 0 Å². The third-order valence-electron chi connectivity index (χ3n) is 4.59. The number of amides is 2. The Bertz CT molecular complexity index is 1190. The lowest BCUT2D eigenvalue weighted by Gasteiger charge is -2.14. The Morgan fingerprint density at radius 2 is 1.35 bits per heavy atom. The zero-order valence-electron chi connectivity index (χ0n) is 15.7. The summed E-state index contributed by atoms with van der Waals surface area (Å²) in [6.45, 7) is 0. The number of carboxylic acids is 2. The van der Waals surface area contributed by atoms with Gasteiger partial charge in [0.2, 0.25) is 0 Å². The molecule has 0 aliphatic carbocycles. The second kappa shape index (κ2) is 7.67. The van der Waals surface area contributed by atoms with Crippen LogP contribution in [0.4, 0.5) is 11.4 Å². The molecule has 2 aliphatic rings. The molecular formula is C21H12N4O6-2. The first-order valence-electron chi connectivity index (χ1n) is 8.99. The van der Waals surface area contributed by atoms with E-state index in [4.69, 9.17) is 0 Å². The Morgan fingerprint density at radius 3 is 1.87 bits per heavy atom. The number of carbonyl (C=O) groups excluding carboxylic acids is 4. The number of carboxylic acid groups (broad SMARTS) is 2. The molecule has 0 N–H and O–H groups in total. The van der Waals surface area contributed by atoms with E-state index in [0.29, 0.717) is 5.69 Å². The minimum Gasteiger partial charge on any atom is -0.543 e. The molecule has 0 unspecified atom stereocenters. The van der Waals surface area contributed by atoms with E-state index in [0.717, 1.165) is 16.1 Å². The molecule has 2 aromatic rings. The molecule has 10 heteroatoms. The second-order valence-electron chi connectivity index (χ2n) is 6.50. The van der Waals surface area contributed by atoms with Crippen molar-refractivity contribution in [3.63, 3.8) is 0 Å². The summed E-state index contributed by atoms with van der Waals surface area (Å²) < 4.78 is 0. The first kappa shape index (κ1) is 19.7. The van der Waals surface area contributed by atoms with Gasteiger partial charge in [0.05, 0.1) is 28.9 Å². The highest BCUT2D eigenvalue weighted by Gasteiger charge is 2.39. The lowest BCUT2D eigenvalue weighted by atomic mass is 9.97. The summed E-state index contributed by atoms with van der Waals surface area (Å²) in [5.41, 5.74) is -1.29. The molecule has 0 saturated carbocycles. The molecule has 2 amide bonds. The number of para-hydroxylation sites is 2. The number of carbonyl (C=O) groups is 4. The van der Waals surface area contributed by atoms with Crippen molar-refractivity contribution in [3.8, 4) is 0 Å². The monoisotopic (exact) mass is 416 g/mol. The number of anilines is 2. The van der Waals surface area contributed by atoms with Crippen molar-refractivity contribution in [2.75, 3.05) is 10.0 Å². The molecule has 0 aromatic heterocycles. The van der Waals surface area contributed by atoms with E-state index >= 15 is 0 Å². The van der Waals surface area contributed by atoms with Gasteiger partial charge in [-0.15, -0.1) is 0 Å². The van der Waals surface area contributed by atoms with Crippen LogP contribution in [0.5, 0.6) is 0 Å². The number of benzene rings is 2. The van der Waals surface area contributed by atoms with E-state index < -0.39 is 46.7 Å². The minimum atomic E-state index is -1.75. The van der Waals surface area contributed by atoms with Crippen LogP contribution in [0, 0.1) is 5.92 Å². The van der Waals surface area contributed by atoms with Crippen molar-refractivity contribution < 1.29 is 29.4 Å². The topological polar surface area (TPSA) is 146 Å². The summed E-state index contributed by atoms with van der Waals surface area (Å²) in [6.07, 6.45) is 0.916. The maximum absolute atomic E-state index is 12.9. The summed E-state index contributed by atoms with van der Waals surface area (Å²) >= 11 is 0. The fourth-order valence-corrected chi connectivity index (χ4v) is 3.17. The number of aliphatic carboxylic acids is 2. The molecule has 2 aromatic carbocycles. The van der Waals surface area contributed by atoms with Crippen molar-refractivity contribution in [2.45, 2.75) is 0 Å². The normalized spacial score (nSPS) is 19.6. The predicted octanol–water partition coefficient (Wildman–Crippen LogP) is -1.17. The first-order valence-corrected chi connectivity index (χ1v) is 8.99. The molecule has 0 saturated heterocycles. The van der Waals surface area contributed by atoms with Gasteiger partial charge in [0.25, 0.3) is 11.8 Å². The zero-order chi connectivity index (χ0) is 22.1. The van der Waals surface area contributed by atoms with Crippen LogP contribution in [0.15, 0.2) is 82.5 Å². The number of hydrogen-bond acceptors (Lipinski definition) is 8. The van der Waals surface area contributed by atoms with Crippen molar-refractivity contribution in [1.29, 1.82) is 0 Å². The molecule has 10 nitrogen and oxygen atoms in total. The van der Waals surface area contributed by atoms with Gasteiger partial charge in [-0.25, -0.2) is 0 Å². The molecule has 154 valence electrons. The van der Waals surface area contributed by atoms with Crippen LogP contribution < -0.4 is 20.2 Å².